The molecule has 5 nitrogen and oxygen atoms in total. The van der Waals surface area contributed by atoms with E-state index < -0.39 is 4.75 Å². The monoisotopic (exact) mass is 555 g/mol. The first kappa shape index (κ1) is 29.8. The molecule has 1 unspecified atom stereocenters. The zero-order valence-corrected chi connectivity index (χ0v) is 24.0. The predicted octanol–water partition coefficient (Wildman–Crippen LogP) is 6.85. The molecule has 39 heavy (non-hydrogen) atoms. The number of nitriles is 1. The summed E-state index contributed by atoms with van der Waals surface area (Å²) in [6, 6.07) is 27.5. The highest BCUT2D eigenvalue weighted by molar-refractivity contribution is 8.24. The number of amides is 2. The standard InChI is InChI=1S/C32H33N3O2S2/c1-4-25-13-10-11-17-28(25)35(22-27-16-9-8-12-24(27)2)30(37)19-21-34-29(36)18-20-32(3,23-33)39-31(38)26-14-6-5-7-15-26/h4-17H,1,18-22H2,2-3H3,(H,34,36). The molecule has 0 saturated carbocycles. The second-order valence-corrected chi connectivity index (χ2v) is 11.5. The maximum atomic E-state index is 13.4. The van der Waals surface area contributed by atoms with Gasteiger partial charge in [0.1, 0.15) is 4.75 Å². The highest BCUT2D eigenvalue weighted by Crippen LogP contribution is 2.33. The number of rotatable bonds is 12. The van der Waals surface area contributed by atoms with Crippen LogP contribution in [-0.4, -0.2) is 27.3 Å². The molecule has 0 aliphatic carbocycles. The van der Waals surface area contributed by atoms with Crippen LogP contribution in [0.5, 0.6) is 0 Å². The van der Waals surface area contributed by atoms with Gasteiger partial charge in [-0.05, 0) is 48.6 Å². The van der Waals surface area contributed by atoms with Crippen LogP contribution in [0.15, 0.2) is 85.4 Å². The molecule has 7 heteroatoms. The van der Waals surface area contributed by atoms with E-state index in [0.717, 1.165) is 27.9 Å². The number of aryl methyl sites for hydroxylation is 1. The van der Waals surface area contributed by atoms with E-state index in [1.165, 1.54) is 11.8 Å². The van der Waals surface area contributed by atoms with E-state index in [1.54, 1.807) is 17.9 Å². The number of carbonyl (C=O) groups is 2. The summed E-state index contributed by atoms with van der Waals surface area (Å²) in [5.74, 6) is -0.300. The molecule has 0 radical (unpaired) electrons. The minimum Gasteiger partial charge on any atom is -0.356 e. The second-order valence-electron chi connectivity index (χ2n) is 9.37. The third-order valence-electron chi connectivity index (χ3n) is 6.39. The van der Waals surface area contributed by atoms with Gasteiger partial charge in [-0.1, -0.05) is 109 Å². The first-order valence-corrected chi connectivity index (χ1v) is 14.0. The smallest absolute Gasteiger partial charge is 0.229 e. The van der Waals surface area contributed by atoms with Gasteiger partial charge in [-0.15, -0.1) is 0 Å². The Hall–Kier alpha value is -3.73. The quantitative estimate of drug-likeness (QED) is 0.248. The van der Waals surface area contributed by atoms with Gasteiger partial charge in [0.15, 0.2) is 0 Å². The van der Waals surface area contributed by atoms with Crippen molar-refractivity contribution >= 4 is 51.8 Å². The summed E-state index contributed by atoms with van der Waals surface area (Å²) < 4.78 is -0.210. The SMILES string of the molecule is C=Cc1ccccc1N(Cc1ccccc1C)C(=O)CCNC(=O)CCC(C)(C#N)SC(=S)c1ccccc1. The number of carbonyl (C=O) groups excluding carboxylic acids is 2. The van der Waals surface area contributed by atoms with Crippen molar-refractivity contribution in [2.24, 2.45) is 0 Å². The molecule has 0 heterocycles. The molecule has 0 aromatic heterocycles. The lowest BCUT2D eigenvalue weighted by Gasteiger charge is -2.26. The number of nitrogens with zero attached hydrogens (tertiary/aromatic N) is 2. The van der Waals surface area contributed by atoms with Crippen molar-refractivity contribution < 1.29 is 9.59 Å². The highest BCUT2D eigenvalue weighted by Gasteiger charge is 2.28. The molecule has 2 amide bonds. The fourth-order valence-corrected chi connectivity index (χ4v) is 5.62. The lowest BCUT2D eigenvalue weighted by molar-refractivity contribution is -0.121. The number of thiocarbonyl (C=S) groups is 1. The van der Waals surface area contributed by atoms with E-state index in [9.17, 15) is 14.9 Å². The van der Waals surface area contributed by atoms with Gasteiger partial charge in [-0.3, -0.25) is 9.59 Å². The molecular formula is C32H33N3O2S2. The molecule has 3 rings (SSSR count). The number of hydrogen-bond acceptors (Lipinski definition) is 5. The van der Waals surface area contributed by atoms with Gasteiger partial charge < -0.3 is 10.2 Å². The Labute approximate surface area is 240 Å². The molecule has 0 fully saturated rings. The van der Waals surface area contributed by atoms with Crippen molar-refractivity contribution in [3.8, 4) is 6.07 Å². The summed E-state index contributed by atoms with van der Waals surface area (Å²) in [5.41, 5.74) is 4.68. The van der Waals surface area contributed by atoms with Gasteiger partial charge in [0.05, 0.1) is 22.5 Å². The zero-order chi connectivity index (χ0) is 28.3. The lowest BCUT2D eigenvalue weighted by atomic mass is 10.1. The van der Waals surface area contributed by atoms with E-state index in [4.69, 9.17) is 12.2 Å². The van der Waals surface area contributed by atoms with Gasteiger partial charge in [-0.2, -0.15) is 5.26 Å². The van der Waals surface area contributed by atoms with E-state index >= 15 is 0 Å². The number of hydrogen-bond donors (Lipinski definition) is 1. The molecule has 0 aliphatic heterocycles. The molecule has 0 bridgehead atoms. The first-order valence-electron chi connectivity index (χ1n) is 12.8. The minimum absolute atomic E-state index is 0.0986. The average Bonchev–Trinajstić information content (AvgIpc) is 2.96. The minimum atomic E-state index is -0.834. The number of benzene rings is 3. The van der Waals surface area contributed by atoms with Crippen LogP contribution >= 0.6 is 24.0 Å². The first-order chi connectivity index (χ1) is 18.8. The van der Waals surface area contributed by atoms with E-state index in [1.807, 2.05) is 85.8 Å². The normalized spacial score (nSPS) is 12.0. The van der Waals surface area contributed by atoms with Crippen LogP contribution < -0.4 is 10.2 Å². The Morgan fingerprint density at radius 1 is 1.05 bits per heavy atom. The number of para-hydroxylation sites is 1. The van der Waals surface area contributed by atoms with Gasteiger partial charge in [-0.25, -0.2) is 0 Å². The van der Waals surface area contributed by atoms with Crippen LogP contribution in [0, 0.1) is 18.3 Å². The van der Waals surface area contributed by atoms with Crippen LogP contribution in [0.1, 0.15) is 48.4 Å². The van der Waals surface area contributed by atoms with Gasteiger partial charge in [0.2, 0.25) is 11.8 Å². The van der Waals surface area contributed by atoms with Crippen molar-refractivity contribution in [3.63, 3.8) is 0 Å². The van der Waals surface area contributed by atoms with Gasteiger partial charge in [0, 0.05) is 19.4 Å². The highest BCUT2D eigenvalue weighted by atomic mass is 32.2. The molecule has 200 valence electrons. The summed E-state index contributed by atoms with van der Waals surface area (Å²) in [6.45, 7) is 8.34. The number of nitrogens with one attached hydrogen (secondary N) is 1. The predicted molar refractivity (Wildman–Crippen MR) is 166 cm³/mol. The summed E-state index contributed by atoms with van der Waals surface area (Å²) in [6.07, 6.45) is 2.39. The second kappa shape index (κ2) is 14.4. The molecule has 3 aromatic rings. The Bertz CT molecular complexity index is 1370. The third-order valence-corrected chi connectivity index (χ3v) is 8.05. The van der Waals surface area contributed by atoms with E-state index in [0.29, 0.717) is 17.2 Å². The number of thioether (sulfide) groups is 1. The van der Waals surface area contributed by atoms with Crippen molar-refractivity contribution in [2.75, 3.05) is 11.4 Å². The van der Waals surface area contributed by atoms with Gasteiger partial charge in [0.25, 0.3) is 0 Å². The Morgan fingerprint density at radius 2 is 1.72 bits per heavy atom. The van der Waals surface area contributed by atoms with Crippen LogP contribution in [0.25, 0.3) is 6.08 Å². The third kappa shape index (κ3) is 8.64. The van der Waals surface area contributed by atoms with Crippen molar-refractivity contribution in [3.05, 3.63) is 108 Å². The molecule has 1 N–H and O–H groups in total. The lowest BCUT2D eigenvalue weighted by Crippen LogP contribution is -2.35. The molecule has 0 aliphatic rings. The Balaban J connectivity index is 1.59. The molecule has 1 atom stereocenters. The topological polar surface area (TPSA) is 73.2 Å². The maximum Gasteiger partial charge on any atom is 0.229 e. The Morgan fingerprint density at radius 3 is 2.41 bits per heavy atom. The summed E-state index contributed by atoms with van der Waals surface area (Å²) in [4.78, 5) is 27.8. The molecule has 0 spiro atoms. The van der Waals surface area contributed by atoms with Gasteiger partial charge >= 0.3 is 0 Å². The van der Waals surface area contributed by atoms with Crippen LogP contribution in [-0.2, 0) is 16.1 Å². The Kier molecular flexibility index (Phi) is 11.0. The average molecular weight is 556 g/mol. The molecular weight excluding hydrogens is 523 g/mol. The maximum absolute atomic E-state index is 13.4. The van der Waals surface area contributed by atoms with Crippen LogP contribution in [0.4, 0.5) is 5.69 Å². The van der Waals surface area contributed by atoms with Crippen LogP contribution in [0.2, 0.25) is 0 Å². The van der Waals surface area contributed by atoms with Crippen LogP contribution in [0.3, 0.4) is 0 Å². The van der Waals surface area contributed by atoms with E-state index in [-0.39, 0.29) is 31.2 Å². The van der Waals surface area contributed by atoms with Crippen molar-refractivity contribution in [1.82, 2.24) is 5.32 Å². The summed E-state index contributed by atoms with van der Waals surface area (Å²) in [7, 11) is 0. The zero-order valence-electron chi connectivity index (χ0n) is 22.4. The van der Waals surface area contributed by atoms with Crippen molar-refractivity contribution in [2.45, 2.75) is 44.4 Å². The fraction of sp³-hybridized carbons (Fsp3) is 0.250. The summed E-state index contributed by atoms with van der Waals surface area (Å²) in [5, 5.41) is 12.6. The number of anilines is 1. The largest absolute Gasteiger partial charge is 0.356 e. The molecule has 3 aromatic carbocycles. The fourth-order valence-electron chi connectivity index (χ4n) is 4.02. The molecule has 0 saturated heterocycles. The van der Waals surface area contributed by atoms with E-state index in [2.05, 4.69) is 18.0 Å². The van der Waals surface area contributed by atoms with Crippen molar-refractivity contribution in [1.29, 1.82) is 5.26 Å². The summed E-state index contributed by atoms with van der Waals surface area (Å²) >= 11 is 6.81.